The summed E-state index contributed by atoms with van der Waals surface area (Å²) in [5.74, 6) is -0.259. The van der Waals surface area contributed by atoms with Crippen molar-refractivity contribution in [3.63, 3.8) is 0 Å². The Hall–Kier alpha value is -4.25. The van der Waals surface area contributed by atoms with Gasteiger partial charge in [0.25, 0.3) is 5.91 Å². The van der Waals surface area contributed by atoms with Crippen LogP contribution in [0.15, 0.2) is 47.3 Å². The van der Waals surface area contributed by atoms with E-state index in [0.717, 1.165) is 12.0 Å². The zero-order valence-electron chi connectivity index (χ0n) is 20.4. The Labute approximate surface area is 207 Å². The van der Waals surface area contributed by atoms with Crippen molar-refractivity contribution in [3.05, 3.63) is 54.0 Å². The summed E-state index contributed by atoms with van der Waals surface area (Å²) < 4.78 is 7.60. The first-order chi connectivity index (χ1) is 17.3. The second-order valence-corrected chi connectivity index (χ2v) is 9.24. The third-order valence-electron chi connectivity index (χ3n) is 6.25. The average molecular weight is 489 g/mol. The maximum Gasteiger partial charge on any atom is 0.302 e. The number of aromatic nitrogens is 4. The van der Waals surface area contributed by atoms with Crippen molar-refractivity contribution in [2.24, 2.45) is 0 Å². The lowest BCUT2D eigenvalue weighted by atomic mass is 10.2. The zero-order valence-corrected chi connectivity index (χ0v) is 20.4. The van der Waals surface area contributed by atoms with Crippen molar-refractivity contribution in [3.8, 4) is 0 Å². The number of carbonyl (C=O) groups excluding carboxylic acids is 2. The summed E-state index contributed by atoms with van der Waals surface area (Å²) in [6.07, 6.45) is 7.28. The van der Waals surface area contributed by atoms with Crippen LogP contribution in [0.4, 0.5) is 11.8 Å². The fourth-order valence-electron chi connectivity index (χ4n) is 4.45. The minimum atomic E-state index is -0.430. The van der Waals surface area contributed by atoms with Gasteiger partial charge in [0, 0.05) is 31.9 Å². The number of nitrogens with two attached hydrogens (primary N) is 1. The highest BCUT2D eigenvalue weighted by atomic mass is 16.4. The van der Waals surface area contributed by atoms with Crippen molar-refractivity contribution in [2.45, 2.75) is 19.4 Å². The van der Waals surface area contributed by atoms with Gasteiger partial charge in [0.2, 0.25) is 5.91 Å². The van der Waals surface area contributed by atoms with E-state index in [1.807, 2.05) is 54.8 Å². The summed E-state index contributed by atoms with van der Waals surface area (Å²) in [5.41, 5.74) is 9.31. The molecule has 4 heterocycles. The van der Waals surface area contributed by atoms with Crippen LogP contribution >= 0.6 is 0 Å². The predicted octanol–water partition coefficient (Wildman–Crippen LogP) is 2.61. The number of amides is 2. The summed E-state index contributed by atoms with van der Waals surface area (Å²) in [6, 6.07) is 5.65. The molecule has 186 valence electrons. The standard InChI is InChI=1S/C25H28N8O3/c1-15-6-7-19-18(11-15)29-25(36-19)30-24(35)17-13-33(23-21(17)22(26)27-14-28-23)16-8-10-32(12-16)20(34)5-4-9-31(2)3/h4-7,11,13-14,16H,8-10,12H2,1-3H3,(H2,26,27,28)(H,29,30,35)/b5-4+/t16-/m1/s1. The SMILES string of the molecule is Cc1ccc2oc(NC(=O)c3cn([C@@H]4CCN(C(=O)/C=C/CN(C)C)C4)c4ncnc(N)c34)nc2c1. The van der Waals surface area contributed by atoms with Crippen LogP contribution in [0.25, 0.3) is 22.1 Å². The maximum atomic E-state index is 13.3. The van der Waals surface area contributed by atoms with Gasteiger partial charge in [-0.1, -0.05) is 12.1 Å². The third-order valence-corrected chi connectivity index (χ3v) is 6.25. The summed E-state index contributed by atoms with van der Waals surface area (Å²) >= 11 is 0. The van der Waals surface area contributed by atoms with E-state index in [9.17, 15) is 9.59 Å². The van der Waals surface area contributed by atoms with Crippen LogP contribution in [0, 0.1) is 6.92 Å². The van der Waals surface area contributed by atoms with Crippen LogP contribution in [0.3, 0.4) is 0 Å². The molecule has 0 spiro atoms. The van der Waals surface area contributed by atoms with Gasteiger partial charge in [-0.3, -0.25) is 14.9 Å². The number of carbonyl (C=O) groups is 2. The van der Waals surface area contributed by atoms with Crippen molar-refractivity contribution in [1.29, 1.82) is 0 Å². The van der Waals surface area contributed by atoms with Gasteiger partial charge in [0.05, 0.1) is 17.0 Å². The average Bonchev–Trinajstić information content (AvgIpc) is 3.55. The van der Waals surface area contributed by atoms with Crippen molar-refractivity contribution in [1.82, 2.24) is 29.3 Å². The Bertz CT molecular complexity index is 1490. The third kappa shape index (κ3) is 4.52. The van der Waals surface area contributed by atoms with Gasteiger partial charge >= 0.3 is 6.01 Å². The number of likely N-dealkylation sites (tertiary alicyclic amines) is 1. The normalized spacial score (nSPS) is 16.1. The van der Waals surface area contributed by atoms with E-state index in [-0.39, 0.29) is 23.8 Å². The number of aryl methyl sites for hydroxylation is 1. The largest absolute Gasteiger partial charge is 0.423 e. The molecule has 1 atom stereocenters. The first-order valence-corrected chi connectivity index (χ1v) is 11.7. The maximum absolute atomic E-state index is 13.3. The lowest BCUT2D eigenvalue weighted by Crippen LogP contribution is -2.27. The van der Waals surface area contributed by atoms with Crippen molar-refractivity contribution < 1.29 is 14.0 Å². The topological polar surface area (TPSA) is 135 Å². The molecule has 0 unspecified atom stereocenters. The van der Waals surface area contributed by atoms with Crippen LogP contribution in [-0.2, 0) is 4.79 Å². The Kier molecular flexibility index (Phi) is 6.15. The van der Waals surface area contributed by atoms with E-state index >= 15 is 0 Å². The Balaban J connectivity index is 1.40. The molecule has 1 fully saturated rings. The molecule has 3 aromatic heterocycles. The second kappa shape index (κ2) is 9.42. The fourth-order valence-corrected chi connectivity index (χ4v) is 4.45. The Morgan fingerprint density at radius 1 is 1.31 bits per heavy atom. The van der Waals surface area contributed by atoms with Crippen LogP contribution in [0.1, 0.15) is 28.4 Å². The fraction of sp³-hybridized carbons (Fsp3) is 0.320. The lowest BCUT2D eigenvalue weighted by Gasteiger charge is -2.16. The molecule has 1 aliphatic rings. The second-order valence-electron chi connectivity index (χ2n) is 9.24. The number of nitrogens with one attached hydrogen (secondary N) is 1. The molecule has 3 N–H and O–H groups in total. The molecular formula is C25H28N8O3. The molecule has 1 aromatic carbocycles. The molecular weight excluding hydrogens is 460 g/mol. The van der Waals surface area contributed by atoms with Crippen molar-refractivity contribution >= 4 is 45.8 Å². The van der Waals surface area contributed by atoms with Gasteiger partial charge < -0.3 is 24.5 Å². The highest BCUT2D eigenvalue weighted by Gasteiger charge is 2.30. The highest BCUT2D eigenvalue weighted by molar-refractivity contribution is 6.14. The molecule has 4 aromatic rings. The zero-order chi connectivity index (χ0) is 25.4. The van der Waals surface area contributed by atoms with Gasteiger partial charge in [0.1, 0.15) is 23.3 Å². The summed E-state index contributed by atoms with van der Waals surface area (Å²) in [5, 5.41) is 3.19. The number of rotatable bonds is 6. The summed E-state index contributed by atoms with van der Waals surface area (Å²) in [6.45, 7) is 3.77. The van der Waals surface area contributed by atoms with E-state index in [2.05, 4.69) is 20.3 Å². The van der Waals surface area contributed by atoms with Crippen LogP contribution in [0.2, 0.25) is 0 Å². The van der Waals surface area contributed by atoms with Gasteiger partial charge in [-0.15, -0.1) is 0 Å². The van der Waals surface area contributed by atoms with Gasteiger partial charge in [0.15, 0.2) is 5.58 Å². The van der Waals surface area contributed by atoms with E-state index in [1.165, 1.54) is 6.33 Å². The van der Waals surface area contributed by atoms with Crippen LogP contribution < -0.4 is 11.1 Å². The molecule has 1 aliphatic heterocycles. The smallest absolute Gasteiger partial charge is 0.302 e. The molecule has 0 aliphatic carbocycles. The van der Waals surface area contributed by atoms with Gasteiger partial charge in [-0.05, 0) is 45.1 Å². The molecule has 0 bridgehead atoms. The van der Waals surface area contributed by atoms with E-state index < -0.39 is 5.91 Å². The molecule has 0 saturated carbocycles. The van der Waals surface area contributed by atoms with Crippen LogP contribution in [-0.4, -0.2) is 74.9 Å². The summed E-state index contributed by atoms with van der Waals surface area (Å²) in [4.78, 5) is 42.6. The number of nitrogens with zero attached hydrogens (tertiary/aromatic N) is 6. The molecule has 5 rings (SSSR count). The number of hydrogen-bond donors (Lipinski definition) is 2. The van der Waals surface area contributed by atoms with E-state index in [4.69, 9.17) is 10.2 Å². The molecule has 11 heteroatoms. The van der Waals surface area contributed by atoms with Gasteiger partial charge in [-0.2, -0.15) is 4.98 Å². The minimum absolute atomic E-state index is 0.0332. The Morgan fingerprint density at radius 3 is 2.94 bits per heavy atom. The van der Waals surface area contributed by atoms with Gasteiger partial charge in [-0.25, -0.2) is 9.97 Å². The number of hydrogen-bond acceptors (Lipinski definition) is 8. The molecule has 2 amide bonds. The van der Waals surface area contributed by atoms with E-state index in [0.29, 0.717) is 47.3 Å². The Morgan fingerprint density at radius 2 is 2.14 bits per heavy atom. The van der Waals surface area contributed by atoms with Crippen molar-refractivity contribution in [2.75, 3.05) is 44.8 Å². The van der Waals surface area contributed by atoms with E-state index in [1.54, 1.807) is 17.2 Å². The first kappa shape index (κ1) is 23.5. The van der Waals surface area contributed by atoms with Crippen LogP contribution in [0.5, 0.6) is 0 Å². The predicted molar refractivity (Wildman–Crippen MR) is 137 cm³/mol. The highest BCUT2D eigenvalue weighted by Crippen LogP contribution is 2.31. The number of likely N-dealkylation sites (N-methyl/N-ethyl adjacent to an activating group) is 1. The number of anilines is 2. The number of benzene rings is 1. The number of oxazole rings is 1. The quantitative estimate of drug-likeness (QED) is 0.396. The number of fused-ring (bicyclic) bond motifs is 2. The molecule has 1 saturated heterocycles. The first-order valence-electron chi connectivity index (χ1n) is 11.7. The number of nitrogen functional groups attached to an aromatic ring is 1. The lowest BCUT2D eigenvalue weighted by molar-refractivity contribution is -0.125. The molecule has 11 nitrogen and oxygen atoms in total. The molecule has 0 radical (unpaired) electrons. The minimum Gasteiger partial charge on any atom is -0.423 e. The summed E-state index contributed by atoms with van der Waals surface area (Å²) in [7, 11) is 3.90. The monoisotopic (exact) mass is 488 g/mol. The molecule has 36 heavy (non-hydrogen) atoms.